The molecule has 1 aromatic heterocycles. The monoisotopic (exact) mass is 380 g/mol. The number of benzene rings is 2. The van der Waals surface area contributed by atoms with Crippen LogP contribution >= 0.6 is 11.3 Å². The molecule has 3 aromatic rings. The number of hydrogen-bond donors (Lipinski definition) is 0. The maximum Gasteiger partial charge on any atom is 0.228 e. The molecular formula is C22H24N2O2S. The summed E-state index contributed by atoms with van der Waals surface area (Å²) in [6.07, 6.45) is 4.54. The van der Waals surface area contributed by atoms with E-state index in [1.165, 1.54) is 5.56 Å². The van der Waals surface area contributed by atoms with E-state index in [0.717, 1.165) is 47.6 Å². The fourth-order valence-corrected chi connectivity index (χ4v) is 4.49. The summed E-state index contributed by atoms with van der Waals surface area (Å²) in [6, 6.07) is 18.4. The average Bonchev–Trinajstić information content (AvgIpc) is 3.37. The number of anilines is 1. The number of carbonyl (C=O) groups is 1. The second kappa shape index (κ2) is 8.63. The third kappa shape index (κ3) is 4.54. The van der Waals surface area contributed by atoms with E-state index in [2.05, 4.69) is 18.2 Å². The van der Waals surface area contributed by atoms with Gasteiger partial charge in [0.05, 0.1) is 16.3 Å². The Kier molecular flexibility index (Phi) is 5.80. The lowest BCUT2D eigenvalue weighted by Gasteiger charge is -2.21. The molecule has 1 unspecified atom stereocenters. The molecule has 1 fully saturated rings. The highest BCUT2D eigenvalue weighted by molar-refractivity contribution is 7.22. The first-order chi connectivity index (χ1) is 13.3. The summed E-state index contributed by atoms with van der Waals surface area (Å²) in [5.41, 5.74) is 2.18. The minimum absolute atomic E-state index is 0.139. The molecule has 0 bridgehead atoms. The predicted octanol–water partition coefficient (Wildman–Crippen LogP) is 4.83. The van der Waals surface area contributed by atoms with E-state index >= 15 is 0 Å². The third-order valence-electron chi connectivity index (χ3n) is 4.99. The van der Waals surface area contributed by atoms with Gasteiger partial charge in [-0.1, -0.05) is 53.8 Å². The van der Waals surface area contributed by atoms with Crippen molar-refractivity contribution in [2.45, 2.75) is 38.2 Å². The van der Waals surface area contributed by atoms with Gasteiger partial charge in [0.2, 0.25) is 5.91 Å². The van der Waals surface area contributed by atoms with E-state index in [4.69, 9.17) is 9.72 Å². The Morgan fingerprint density at radius 3 is 2.74 bits per heavy atom. The van der Waals surface area contributed by atoms with Crippen molar-refractivity contribution in [1.29, 1.82) is 0 Å². The Hall–Kier alpha value is -2.24. The summed E-state index contributed by atoms with van der Waals surface area (Å²) < 4.78 is 6.80. The lowest BCUT2D eigenvalue weighted by atomic mass is 10.1. The van der Waals surface area contributed by atoms with Crippen LogP contribution in [0.3, 0.4) is 0 Å². The number of ether oxygens (including phenoxy) is 1. The number of aromatic nitrogens is 1. The van der Waals surface area contributed by atoms with Crippen molar-refractivity contribution >= 4 is 32.6 Å². The van der Waals surface area contributed by atoms with Gasteiger partial charge in [-0.2, -0.15) is 0 Å². The predicted molar refractivity (Wildman–Crippen MR) is 110 cm³/mol. The number of para-hydroxylation sites is 1. The van der Waals surface area contributed by atoms with Gasteiger partial charge in [-0.15, -0.1) is 0 Å². The van der Waals surface area contributed by atoms with E-state index in [1.807, 2.05) is 41.3 Å². The molecule has 0 saturated carbocycles. The van der Waals surface area contributed by atoms with Gasteiger partial charge in [0.1, 0.15) is 0 Å². The highest BCUT2D eigenvalue weighted by Crippen LogP contribution is 2.29. The first-order valence-electron chi connectivity index (χ1n) is 9.61. The van der Waals surface area contributed by atoms with Gasteiger partial charge in [-0.25, -0.2) is 4.98 Å². The van der Waals surface area contributed by atoms with Crippen LogP contribution in [0.15, 0.2) is 54.6 Å². The molecule has 0 spiro atoms. The maximum atomic E-state index is 13.0. The molecule has 0 aliphatic carbocycles. The average molecular weight is 381 g/mol. The third-order valence-corrected chi connectivity index (χ3v) is 6.05. The van der Waals surface area contributed by atoms with Crippen molar-refractivity contribution in [3.8, 4) is 0 Å². The second-order valence-electron chi connectivity index (χ2n) is 6.92. The summed E-state index contributed by atoms with van der Waals surface area (Å²) >= 11 is 1.59. The van der Waals surface area contributed by atoms with Crippen molar-refractivity contribution in [2.24, 2.45) is 0 Å². The summed E-state index contributed by atoms with van der Waals surface area (Å²) in [6.45, 7) is 1.47. The summed E-state index contributed by atoms with van der Waals surface area (Å²) in [4.78, 5) is 19.6. The van der Waals surface area contributed by atoms with Gasteiger partial charge >= 0.3 is 0 Å². The minimum atomic E-state index is 0.139. The van der Waals surface area contributed by atoms with E-state index in [-0.39, 0.29) is 12.0 Å². The van der Waals surface area contributed by atoms with E-state index in [1.54, 1.807) is 11.3 Å². The molecule has 1 atom stereocenters. The highest BCUT2D eigenvalue weighted by atomic mass is 32.1. The topological polar surface area (TPSA) is 42.4 Å². The molecule has 2 aromatic carbocycles. The zero-order chi connectivity index (χ0) is 18.5. The molecule has 4 nitrogen and oxygen atoms in total. The van der Waals surface area contributed by atoms with Crippen molar-refractivity contribution < 1.29 is 9.53 Å². The summed E-state index contributed by atoms with van der Waals surface area (Å²) in [7, 11) is 0. The number of carbonyl (C=O) groups excluding carboxylic acids is 1. The molecule has 1 aliphatic heterocycles. The van der Waals surface area contributed by atoms with Crippen molar-refractivity contribution in [3.63, 3.8) is 0 Å². The summed E-state index contributed by atoms with van der Waals surface area (Å²) in [5, 5.41) is 0.796. The molecule has 0 N–H and O–H groups in total. The number of amides is 1. The summed E-state index contributed by atoms with van der Waals surface area (Å²) in [5.74, 6) is 0.139. The van der Waals surface area contributed by atoms with Crippen LogP contribution in [0.2, 0.25) is 0 Å². The van der Waals surface area contributed by atoms with Crippen LogP contribution in [0.4, 0.5) is 5.13 Å². The lowest BCUT2D eigenvalue weighted by Crippen LogP contribution is -2.33. The fourth-order valence-electron chi connectivity index (χ4n) is 3.48. The Labute approximate surface area is 163 Å². The van der Waals surface area contributed by atoms with Crippen LogP contribution in [0.25, 0.3) is 10.2 Å². The zero-order valence-electron chi connectivity index (χ0n) is 15.3. The lowest BCUT2D eigenvalue weighted by molar-refractivity contribution is -0.119. The fraction of sp³-hybridized carbons (Fsp3) is 0.364. The molecule has 1 amide bonds. The SMILES string of the molecule is O=C(CCC1CCCO1)N(CCc1ccccc1)c1nc2ccccc2s1. The number of thiazole rings is 1. The smallest absolute Gasteiger partial charge is 0.228 e. The van der Waals surface area contributed by atoms with Crippen LogP contribution in [-0.2, 0) is 16.0 Å². The van der Waals surface area contributed by atoms with E-state index < -0.39 is 0 Å². The van der Waals surface area contributed by atoms with Gasteiger partial charge < -0.3 is 4.74 Å². The first kappa shape index (κ1) is 18.1. The normalized spacial score (nSPS) is 16.7. The van der Waals surface area contributed by atoms with Crippen LogP contribution in [-0.4, -0.2) is 30.1 Å². The quantitative estimate of drug-likeness (QED) is 0.589. The van der Waals surface area contributed by atoms with Crippen LogP contribution < -0.4 is 4.90 Å². The highest BCUT2D eigenvalue weighted by Gasteiger charge is 2.22. The van der Waals surface area contributed by atoms with Gasteiger partial charge in [-0.3, -0.25) is 9.69 Å². The number of hydrogen-bond acceptors (Lipinski definition) is 4. The molecule has 0 radical (unpaired) electrons. The molecule has 27 heavy (non-hydrogen) atoms. The molecule has 4 rings (SSSR count). The first-order valence-corrected chi connectivity index (χ1v) is 10.4. The Morgan fingerprint density at radius 2 is 1.96 bits per heavy atom. The van der Waals surface area contributed by atoms with Crippen LogP contribution in [0, 0.1) is 0 Å². The van der Waals surface area contributed by atoms with Crippen LogP contribution in [0.1, 0.15) is 31.2 Å². The number of nitrogens with zero attached hydrogens (tertiary/aromatic N) is 2. The van der Waals surface area contributed by atoms with Gasteiger partial charge in [0.25, 0.3) is 0 Å². The van der Waals surface area contributed by atoms with Gasteiger partial charge in [-0.05, 0) is 43.4 Å². The Balaban J connectivity index is 1.50. The molecule has 1 aliphatic rings. The van der Waals surface area contributed by atoms with Crippen molar-refractivity contribution in [3.05, 3.63) is 60.2 Å². The number of fused-ring (bicyclic) bond motifs is 1. The minimum Gasteiger partial charge on any atom is -0.378 e. The Morgan fingerprint density at radius 1 is 1.15 bits per heavy atom. The molecule has 140 valence electrons. The largest absolute Gasteiger partial charge is 0.378 e. The number of rotatable bonds is 7. The van der Waals surface area contributed by atoms with Crippen molar-refractivity contribution in [2.75, 3.05) is 18.1 Å². The van der Waals surface area contributed by atoms with E-state index in [9.17, 15) is 4.79 Å². The van der Waals surface area contributed by atoms with E-state index in [0.29, 0.717) is 13.0 Å². The maximum absolute atomic E-state index is 13.0. The standard InChI is InChI=1S/C22H24N2O2S/c25-21(13-12-18-9-6-16-26-18)24(15-14-17-7-2-1-3-8-17)22-23-19-10-4-5-11-20(19)27-22/h1-5,7-8,10-11,18H,6,9,12-16H2. The van der Waals surface area contributed by atoms with Crippen LogP contribution in [0.5, 0.6) is 0 Å². The Bertz CT molecular complexity index is 854. The molecular weight excluding hydrogens is 356 g/mol. The molecule has 1 saturated heterocycles. The second-order valence-corrected chi connectivity index (χ2v) is 7.93. The van der Waals surface area contributed by atoms with Gasteiger partial charge in [0.15, 0.2) is 5.13 Å². The zero-order valence-corrected chi connectivity index (χ0v) is 16.2. The molecule has 2 heterocycles. The van der Waals surface area contributed by atoms with Crippen molar-refractivity contribution in [1.82, 2.24) is 4.98 Å². The molecule has 5 heteroatoms. The van der Waals surface area contributed by atoms with Gasteiger partial charge in [0, 0.05) is 19.6 Å².